The molecule has 3 saturated heterocycles. The van der Waals surface area contributed by atoms with Crippen molar-refractivity contribution in [2.75, 3.05) is 13.1 Å². The molecule has 0 aromatic heterocycles. The van der Waals surface area contributed by atoms with Gasteiger partial charge < -0.3 is 0 Å². The molecule has 0 unspecified atom stereocenters. The van der Waals surface area contributed by atoms with Gasteiger partial charge in [0.15, 0.2) is 0 Å². The quantitative estimate of drug-likeness (QED) is 0.703. The van der Waals surface area contributed by atoms with E-state index in [1.54, 1.807) is 0 Å². The van der Waals surface area contributed by atoms with Crippen molar-refractivity contribution in [3.8, 4) is 0 Å². The normalized spacial score (nSPS) is 37.5. The summed E-state index contributed by atoms with van der Waals surface area (Å²) < 4.78 is 0. The lowest BCUT2D eigenvalue weighted by Gasteiger charge is -2.51. The fourth-order valence-electron chi connectivity index (χ4n) is 4.58. The number of hydrogen-bond donors (Lipinski definition) is 0. The minimum Gasteiger partial charge on any atom is -0.285 e. The molecule has 0 bridgehead atoms. The molecule has 0 spiro atoms. The molecule has 0 radical (unpaired) electrons. The molecule has 0 aliphatic carbocycles. The Hall–Kier alpha value is -0.0800. The molecule has 2 nitrogen and oxygen atoms in total. The van der Waals surface area contributed by atoms with Crippen LogP contribution in [0.15, 0.2) is 0 Å². The van der Waals surface area contributed by atoms with Crippen molar-refractivity contribution in [3.05, 3.63) is 0 Å². The first-order chi connectivity index (χ1) is 8.90. The Labute approximate surface area is 113 Å². The van der Waals surface area contributed by atoms with Crippen LogP contribution in [0.3, 0.4) is 0 Å². The molecule has 18 heavy (non-hydrogen) atoms. The first kappa shape index (κ1) is 12.9. The van der Waals surface area contributed by atoms with Crippen molar-refractivity contribution >= 4 is 0 Å². The summed E-state index contributed by atoms with van der Waals surface area (Å²) in [6, 6.07) is 1.85. The third-order valence-corrected chi connectivity index (χ3v) is 5.47. The molecule has 0 N–H and O–H groups in total. The van der Waals surface area contributed by atoms with E-state index < -0.39 is 0 Å². The highest BCUT2D eigenvalue weighted by Crippen LogP contribution is 2.38. The molecule has 0 saturated carbocycles. The second-order valence-electron chi connectivity index (χ2n) is 6.63. The van der Waals surface area contributed by atoms with Crippen LogP contribution in [0.4, 0.5) is 0 Å². The van der Waals surface area contributed by atoms with Crippen molar-refractivity contribution in [3.63, 3.8) is 0 Å². The number of unbranched alkanes of at least 4 members (excludes halogenated alkanes) is 2. The molecule has 0 amide bonds. The third kappa shape index (κ3) is 2.46. The molecule has 3 aliphatic heterocycles. The van der Waals surface area contributed by atoms with Gasteiger partial charge in [0.1, 0.15) is 0 Å². The highest BCUT2D eigenvalue weighted by atomic mass is 15.4. The molecule has 3 heterocycles. The van der Waals surface area contributed by atoms with E-state index in [0.717, 1.165) is 18.2 Å². The molecular weight excluding hydrogens is 220 g/mol. The van der Waals surface area contributed by atoms with Crippen molar-refractivity contribution < 1.29 is 0 Å². The Bertz CT molecular complexity index is 266. The van der Waals surface area contributed by atoms with Gasteiger partial charge in [-0.2, -0.15) is 0 Å². The molecule has 3 rings (SSSR count). The number of fused-ring (bicyclic) bond motifs is 3. The molecule has 104 valence electrons. The zero-order valence-electron chi connectivity index (χ0n) is 12.1. The van der Waals surface area contributed by atoms with Crippen molar-refractivity contribution in [2.24, 2.45) is 0 Å². The monoisotopic (exact) mass is 250 g/mol. The maximum absolute atomic E-state index is 2.87. The van der Waals surface area contributed by atoms with E-state index in [4.69, 9.17) is 0 Å². The van der Waals surface area contributed by atoms with E-state index in [-0.39, 0.29) is 0 Å². The van der Waals surface area contributed by atoms with Crippen LogP contribution in [0.1, 0.15) is 71.1 Å². The van der Waals surface area contributed by atoms with Gasteiger partial charge in [-0.1, -0.05) is 32.6 Å². The summed E-state index contributed by atoms with van der Waals surface area (Å²) in [7, 11) is 0. The predicted octanol–water partition coefficient (Wildman–Crippen LogP) is 3.62. The highest BCUT2D eigenvalue weighted by Gasteiger charge is 2.43. The van der Waals surface area contributed by atoms with Gasteiger partial charge >= 0.3 is 0 Å². The average molecular weight is 250 g/mol. The SMILES string of the molecule is CCCCC[C@@H]1C[C@@H]2CCCCN2[C@H]2CCCN12. The fourth-order valence-corrected chi connectivity index (χ4v) is 4.58. The van der Waals surface area contributed by atoms with E-state index in [2.05, 4.69) is 16.7 Å². The summed E-state index contributed by atoms with van der Waals surface area (Å²) >= 11 is 0. The fraction of sp³-hybridized carbons (Fsp3) is 1.00. The van der Waals surface area contributed by atoms with E-state index >= 15 is 0 Å². The van der Waals surface area contributed by atoms with Gasteiger partial charge in [0.2, 0.25) is 0 Å². The lowest BCUT2D eigenvalue weighted by molar-refractivity contribution is -0.0611. The maximum Gasteiger partial charge on any atom is 0.0627 e. The summed E-state index contributed by atoms with van der Waals surface area (Å²) in [6.45, 7) is 5.08. The van der Waals surface area contributed by atoms with Gasteiger partial charge in [0.25, 0.3) is 0 Å². The summed E-state index contributed by atoms with van der Waals surface area (Å²) in [5.74, 6) is 0. The third-order valence-electron chi connectivity index (χ3n) is 5.47. The smallest absolute Gasteiger partial charge is 0.0627 e. The zero-order valence-corrected chi connectivity index (χ0v) is 12.1. The first-order valence-corrected chi connectivity index (χ1v) is 8.41. The second-order valence-corrected chi connectivity index (χ2v) is 6.63. The number of piperidine rings is 1. The van der Waals surface area contributed by atoms with E-state index in [0.29, 0.717) is 0 Å². The Morgan fingerprint density at radius 3 is 2.72 bits per heavy atom. The minimum absolute atomic E-state index is 0.829. The molecule has 0 aromatic rings. The van der Waals surface area contributed by atoms with E-state index in [9.17, 15) is 0 Å². The van der Waals surface area contributed by atoms with Crippen LogP contribution in [0.25, 0.3) is 0 Å². The van der Waals surface area contributed by atoms with Crippen molar-refractivity contribution in [1.29, 1.82) is 0 Å². The molecule has 3 fully saturated rings. The van der Waals surface area contributed by atoms with Crippen molar-refractivity contribution in [2.45, 2.75) is 89.4 Å². The summed E-state index contributed by atoms with van der Waals surface area (Å²) in [4.78, 5) is 5.74. The second kappa shape index (κ2) is 5.92. The van der Waals surface area contributed by atoms with Crippen LogP contribution in [0, 0.1) is 0 Å². The van der Waals surface area contributed by atoms with Crippen LogP contribution in [0.2, 0.25) is 0 Å². The Morgan fingerprint density at radius 2 is 1.83 bits per heavy atom. The molecule has 2 heteroatoms. The minimum atomic E-state index is 0.829. The maximum atomic E-state index is 2.87. The first-order valence-electron chi connectivity index (χ1n) is 8.41. The van der Waals surface area contributed by atoms with Gasteiger partial charge in [-0.3, -0.25) is 9.80 Å². The van der Waals surface area contributed by atoms with Crippen LogP contribution < -0.4 is 0 Å². The van der Waals surface area contributed by atoms with Crippen LogP contribution >= 0.6 is 0 Å². The lowest BCUT2D eigenvalue weighted by atomic mass is 9.89. The zero-order chi connectivity index (χ0) is 12.4. The van der Waals surface area contributed by atoms with Gasteiger partial charge in [0, 0.05) is 18.6 Å². The van der Waals surface area contributed by atoms with Crippen LogP contribution in [0.5, 0.6) is 0 Å². The average Bonchev–Trinajstić information content (AvgIpc) is 2.89. The van der Waals surface area contributed by atoms with Gasteiger partial charge in [-0.15, -0.1) is 0 Å². The molecule has 3 atom stereocenters. The molecule has 3 aliphatic rings. The van der Waals surface area contributed by atoms with Gasteiger partial charge in [0.05, 0.1) is 6.17 Å². The van der Waals surface area contributed by atoms with Crippen LogP contribution in [-0.4, -0.2) is 41.1 Å². The summed E-state index contributed by atoms with van der Waals surface area (Å²) in [5.41, 5.74) is 0. The number of rotatable bonds is 4. The Balaban J connectivity index is 1.64. The Kier molecular flexibility index (Phi) is 4.25. The van der Waals surface area contributed by atoms with E-state index in [1.807, 2.05) is 0 Å². The predicted molar refractivity (Wildman–Crippen MR) is 76.6 cm³/mol. The highest BCUT2D eigenvalue weighted by molar-refractivity contribution is 4.96. The summed E-state index contributed by atoms with van der Waals surface area (Å²) in [6.07, 6.45) is 15.3. The van der Waals surface area contributed by atoms with Crippen LogP contribution in [-0.2, 0) is 0 Å². The summed E-state index contributed by atoms with van der Waals surface area (Å²) in [5, 5.41) is 0. The van der Waals surface area contributed by atoms with Crippen molar-refractivity contribution in [1.82, 2.24) is 9.80 Å². The molecule has 0 aromatic carbocycles. The van der Waals surface area contributed by atoms with Gasteiger partial charge in [-0.25, -0.2) is 0 Å². The molecular formula is C16H30N2. The lowest BCUT2D eigenvalue weighted by Crippen LogP contribution is -2.60. The standard InChI is InChI=1S/C16H30N2/c1-2-3-4-8-14-13-15-9-5-6-11-17(15)16-10-7-12-18(14)16/h14-16H,2-13H2,1H3/t14-,15+,16-/m1/s1. The van der Waals surface area contributed by atoms with Gasteiger partial charge in [-0.05, 0) is 45.1 Å². The number of nitrogens with zero attached hydrogens (tertiary/aromatic N) is 2. The topological polar surface area (TPSA) is 6.48 Å². The van der Waals surface area contributed by atoms with E-state index in [1.165, 1.54) is 77.3 Å². The number of hydrogen-bond acceptors (Lipinski definition) is 2. The largest absolute Gasteiger partial charge is 0.285 e. The Morgan fingerprint density at radius 1 is 0.944 bits per heavy atom.